The number of hydrogen-bond donors (Lipinski definition) is 0. The lowest BCUT2D eigenvalue weighted by Gasteiger charge is -2.09. The van der Waals surface area contributed by atoms with Gasteiger partial charge in [-0.1, -0.05) is 50.8 Å². The minimum Gasteiger partial charge on any atom is -0.288 e. The molecule has 1 nitrogen and oxygen atoms in total. The lowest BCUT2D eigenvalue weighted by atomic mass is 9.98. The van der Waals surface area contributed by atoms with Gasteiger partial charge in [0.25, 0.3) is 0 Å². The monoisotopic (exact) mass is 189 g/mol. The van der Waals surface area contributed by atoms with Crippen molar-refractivity contribution in [1.29, 1.82) is 0 Å². The summed E-state index contributed by atoms with van der Waals surface area (Å²) >= 11 is 0. The number of hydrogen-bond acceptors (Lipinski definition) is 1. The Balaban J connectivity index is 0.000000791. The van der Waals surface area contributed by atoms with Crippen molar-refractivity contribution < 1.29 is 0 Å². The molecule has 0 unspecified atom stereocenters. The molecule has 0 amide bonds. The molecule has 1 heteroatoms. The second-order valence-electron chi connectivity index (χ2n) is 2.64. The zero-order valence-corrected chi connectivity index (χ0v) is 9.54. The molecule has 0 saturated heterocycles. The fraction of sp³-hybridized carbons (Fsp3) is 0.308. The standard InChI is InChI=1S/C11H13N.C2H6/c1-4-6-10-8-5-7-9(2)11(10)12-3;1-2/h4-8H,1H2,2-3H3;1-2H3/b10-6-,12-11?;. The topological polar surface area (TPSA) is 12.4 Å². The first-order valence-corrected chi connectivity index (χ1v) is 4.95. The molecule has 0 spiro atoms. The molecule has 1 aliphatic carbocycles. The van der Waals surface area contributed by atoms with E-state index in [1.165, 1.54) is 5.57 Å². The van der Waals surface area contributed by atoms with Crippen LogP contribution in [0.15, 0.2) is 53.1 Å². The molecule has 14 heavy (non-hydrogen) atoms. The highest BCUT2D eigenvalue weighted by Crippen LogP contribution is 2.14. The van der Waals surface area contributed by atoms with Crippen molar-refractivity contribution in [3.63, 3.8) is 0 Å². The Bertz CT molecular complexity index is 298. The lowest BCUT2D eigenvalue weighted by Crippen LogP contribution is -2.05. The van der Waals surface area contributed by atoms with E-state index in [0.717, 1.165) is 11.3 Å². The Morgan fingerprint density at radius 3 is 2.50 bits per heavy atom. The van der Waals surface area contributed by atoms with Crippen LogP contribution < -0.4 is 0 Å². The molecule has 0 saturated carbocycles. The second kappa shape index (κ2) is 7.07. The van der Waals surface area contributed by atoms with E-state index in [4.69, 9.17) is 0 Å². The van der Waals surface area contributed by atoms with Gasteiger partial charge in [-0.3, -0.25) is 4.99 Å². The number of nitrogens with zero attached hydrogens (tertiary/aromatic N) is 1. The minimum atomic E-state index is 1.05. The summed E-state index contributed by atoms with van der Waals surface area (Å²) in [6, 6.07) is 0. The molecule has 1 rings (SSSR count). The zero-order chi connectivity index (χ0) is 11.0. The predicted octanol–water partition coefficient (Wildman–Crippen LogP) is 3.71. The average Bonchev–Trinajstić information content (AvgIpc) is 2.22. The summed E-state index contributed by atoms with van der Waals surface area (Å²) < 4.78 is 0. The van der Waals surface area contributed by atoms with E-state index < -0.39 is 0 Å². The highest BCUT2D eigenvalue weighted by Gasteiger charge is 2.07. The van der Waals surface area contributed by atoms with Gasteiger partial charge in [-0.25, -0.2) is 0 Å². The van der Waals surface area contributed by atoms with E-state index in [0.29, 0.717) is 0 Å². The molecule has 0 fully saturated rings. The molecule has 0 heterocycles. The van der Waals surface area contributed by atoms with Gasteiger partial charge in [0, 0.05) is 7.05 Å². The molecular weight excluding hydrogens is 170 g/mol. The molecular formula is C13H19N. The van der Waals surface area contributed by atoms with Crippen LogP contribution >= 0.6 is 0 Å². The van der Waals surface area contributed by atoms with Gasteiger partial charge in [0.1, 0.15) is 0 Å². The van der Waals surface area contributed by atoms with Gasteiger partial charge in [-0.05, 0) is 18.1 Å². The highest BCUT2D eigenvalue weighted by atomic mass is 14.7. The van der Waals surface area contributed by atoms with Gasteiger partial charge >= 0.3 is 0 Å². The largest absolute Gasteiger partial charge is 0.288 e. The van der Waals surface area contributed by atoms with Crippen LogP contribution in [0.1, 0.15) is 20.8 Å². The van der Waals surface area contributed by atoms with Crippen molar-refractivity contribution in [3.8, 4) is 0 Å². The lowest BCUT2D eigenvalue weighted by molar-refractivity contribution is 1.39. The summed E-state index contributed by atoms with van der Waals surface area (Å²) in [4.78, 5) is 4.21. The molecule has 0 radical (unpaired) electrons. The third-order valence-corrected chi connectivity index (χ3v) is 1.79. The maximum absolute atomic E-state index is 4.21. The Morgan fingerprint density at radius 1 is 1.36 bits per heavy atom. The van der Waals surface area contributed by atoms with Crippen LogP contribution in [0, 0.1) is 0 Å². The van der Waals surface area contributed by atoms with Crippen LogP contribution in [-0.4, -0.2) is 12.8 Å². The Kier molecular flexibility index (Phi) is 6.38. The Morgan fingerprint density at radius 2 is 2.00 bits per heavy atom. The molecule has 1 aliphatic rings. The second-order valence-corrected chi connectivity index (χ2v) is 2.64. The fourth-order valence-electron chi connectivity index (χ4n) is 1.25. The van der Waals surface area contributed by atoms with Gasteiger partial charge in [0.05, 0.1) is 5.71 Å². The quantitative estimate of drug-likeness (QED) is 0.596. The molecule has 0 aromatic rings. The highest BCUT2D eigenvalue weighted by molar-refractivity contribution is 6.15. The molecule has 0 aromatic carbocycles. The van der Waals surface area contributed by atoms with Crippen molar-refractivity contribution in [2.45, 2.75) is 20.8 Å². The Hall–Kier alpha value is -1.37. The van der Waals surface area contributed by atoms with E-state index in [-0.39, 0.29) is 0 Å². The van der Waals surface area contributed by atoms with Crippen molar-refractivity contribution >= 4 is 5.71 Å². The SMILES string of the molecule is C=C/C=C1/C=CC=C(C)C1=NC.CC. The summed E-state index contributed by atoms with van der Waals surface area (Å²) in [5.74, 6) is 0. The molecule has 0 aromatic heterocycles. The van der Waals surface area contributed by atoms with Crippen LogP contribution in [-0.2, 0) is 0 Å². The molecule has 0 N–H and O–H groups in total. The third-order valence-electron chi connectivity index (χ3n) is 1.79. The third kappa shape index (κ3) is 3.17. The average molecular weight is 189 g/mol. The van der Waals surface area contributed by atoms with Crippen molar-refractivity contribution in [1.82, 2.24) is 0 Å². The maximum Gasteiger partial charge on any atom is 0.0672 e. The van der Waals surface area contributed by atoms with Gasteiger partial charge in [-0.2, -0.15) is 0 Å². The molecule has 0 bridgehead atoms. The van der Waals surface area contributed by atoms with Gasteiger partial charge in [0.15, 0.2) is 0 Å². The van der Waals surface area contributed by atoms with Gasteiger partial charge in [-0.15, -0.1) is 0 Å². The number of aliphatic imine (C=N–C) groups is 1. The van der Waals surface area contributed by atoms with Crippen molar-refractivity contribution in [3.05, 3.63) is 48.1 Å². The van der Waals surface area contributed by atoms with Crippen LogP contribution in [0.5, 0.6) is 0 Å². The minimum absolute atomic E-state index is 1.05. The normalized spacial score (nSPS) is 20.1. The summed E-state index contributed by atoms with van der Waals surface area (Å²) in [6.45, 7) is 9.72. The van der Waals surface area contributed by atoms with Crippen LogP contribution in [0.2, 0.25) is 0 Å². The van der Waals surface area contributed by atoms with E-state index in [9.17, 15) is 0 Å². The van der Waals surface area contributed by atoms with E-state index in [1.54, 1.807) is 6.08 Å². The molecule has 0 aliphatic heterocycles. The summed E-state index contributed by atoms with van der Waals surface area (Å²) in [5.41, 5.74) is 3.39. The first kappa shape index (κ1) is 12.6. The summed E-state index contributed by atoms with van der Waals surface area (Å²) in [7, 11) is 1.81. The summed E-state index contributed by atoms with van der Waals surface area (Å²) in [5, 5.41) is 0. The smallest absolute Gasteiger partial charge is 0.0672 e. The van der Waals surface area contributed by atoms with Crippen LogP contribution in [0.3, 0.4) is 0 Å². The van der Waals surface area contributed by atoms with Crippen LogP contribution in [0.25, 0.3) is 0 Å². The van der Waals surface area contributed by atoms with E-state index in [1.807, 2.05) is 39.1 Å². The predicted molar refractivity (Wildman–Crippen MR) is 65.9 cm³/mol. The molecule has 0 atom stereocenters. The van der Waals surface area contributed by atoms with Crippen LogP contribution in [0.4, 0.5) is 0 Å². The van der Waals surface area contributed by atoms with Crippen molar-refractivity contribution in [2.24, 2.45) is 4.99 Å². The number of allylic oxidation sites excluding steroid dienone is 7. The number of rotatable bonds is 1. The Labute approximate surface area is 87.3 Å². The van der Waals surface area contributed by atoms with Gasteiger partial charge < -0.3 is 0 Å². The summed E-state index contributed by atoms with van der Waals surface area (Å²) in [6.07, 6.45) is 9.87. The zero-order valence-electron chi connectivity index (χ0n) is 9.54. The van der Waals surface area contributed by atoms with E-state index >= 15 is 0 Å². The first-order chi connectivity index (χ1) is 6.79. The van der Waals surface area contributed by atoms with E-state index in [2.05, 4.69) is 24.6 Å². The first-order valence-electron chi connectivity index (χ1n) is 4.95. The maximum atomic E-state index is 4.21. The molecule has 76 valence electrons. The van der Waals surface area contributed by atoms with Gasteiger partial charge in [0.2, 0.25) is 0 Å². The van der Waals surface area contributed by atoms with Crippen molar-refractivity contribution in [2.75, 3.05) is 7.05 Å². The fourth-order valence-corrected chi connectivity index (χ4v) is 1.25.